The van der Waals surface area contributed by atoms with E-state index in [0.717, 1.165) is 11.0 Å². The summed E-state index contributed by atoms with van der Waals surface area (Å²) in [6.07, 6.45) is 1.67. The van der Waals surface area contributed by atoms with E-state index in [-0.39, 0.29) is 34.9 Å². The van der Waals surface area contributed by atoms with Crippen molar-refractivity contribution in [2.45, 2.75) is 24.3 Å². The van der Waals surface area contributed by atoms with Gasteiger partial charge in [-0.2, -0.15) is 0 Å². The van der Waals surface area contributed by atoms with Gasteiger partial charge >= 0.3 is 0 Å². The van der Waals surface area contributed by atoms with Gasteiger partial charge in [-0.3, -0.25) is 4.79 Å². The van der Waals surface area contributed by atoms with E-state index in [1.54, 1.807) is 25.3 Å². The fourth-order valence-corrected chi connectivity index (χ4v) is 4.43. The van der Waals surface area contributed by atoms with Gasteiger partial charge in [-0.1, -0.05) is 18.2 Å². The summed E-state index contributed by atoms with van der Waals surface area (Å²) in [5.41, 5.74) is 0.757. The number of hydrogen-bond donors (Lipinski definition) is 1. The lowest BCUT2D eigenvalue weighted by molar-refractivity contribution is -0.132. The van der Waals surface area contributed by atoms with Crippen LogP contribution in [-0.2, 0) is 24.7 Å². The zero-order valence-electron chi connectivity index (χ0n) is 13.4. The van der Waals surface area contributed by atoms with Crippen molar-refractivity contribution >= 4 is 25.8 Å². The molecule has 1 heterocycles. The van der Waals surface area contributed by atoms with Crippen LogP contribution in [0.5, 0.6) is 0 Å². The summed E-state index contributed by atoms with van der Waals surface area (Å²) >= 11 is 0. The van der Waals surface area contributed by atoms with Crippen molar-refractivity contribution in [3.8, 4) is 0 Å². The number of benzene rings is 1. The summed E-state index contributed by atoms with van der Waals surface area (Å²) in [6, 6.07) is 5.72. The third kappa shape index (κ3) is 4.43. The third-order valence-electron chi connectivity index (χ3n) is 4.11. The van der Waals surface area contributed by atoms with Crippen LogP contribution in [0.1, 0.15) is 24.9 Å². The molecule has 1 aromatic carbocycles. The highest BCUT2D eigenvalue weighted by Gasteiger charge is 2.26. The number of nitrogens with zero attached hydrogens (tertiary/aromatic N) is 1. The van der Waals surface area contributed by atoms with Crippen molar-refractivity contribution < 1.29 is 21.6 Å². The first-order chi connectivity index (χ1) is 11.0. The van der Waals surface area contributed by atoms with Crippen LogP contribution < -0.4 is 5.14 Å². The lowest BCUT2D eigenvalue weighted by Crippen LogP contribution is -2.31. The van der Waals surface area contributed by atoms with E-state index in [9.17, 15) is 21.6 Å². The number of hydrogen-bond acceptors (Lipinski definition) is 5. The molecule has 2 rings (SSSR count). The van der Waals surface area contributed by atoms with E-state index >= 15 is 0 Å². The number of nitrogens with two attached hydrogens (primary N) is 1. The molecule has 24 heavy (non-hydrogen) atoms. The number of amides is 1. The molecule has 132 valence electrons. The first kappa shape index (κ1) is 18.6. The third-order valence-corrected chi connectivity index (χ3v) is 6.50. The average Bonchev–Trinajstić information content (AvgIpc) is 2.83. The quantitative estimate of drug-likeness (QED) is 0.821. The van der Waals surface area contributed by atoms with Gasteiger partial charge in [0.1, 0.15) is 0 Å². The van der Waals surface area contributed by atoms with Crippen LogP contribution in [0.3, 0.4) is 0 Å². The molecular weight excluding hydrogens is 352 g/mol. The van der Waals surface area contributed by atoms with E-state index in [4.69, 9.17) is 5.14 Å². The summed E-state index contributed by atoms with van der Waals surface area (Å²) in [7, 11) is -5.30. The molecule has 1 aromatic rings. The monoisotopic (exact) mass is 372 g/mol. The Morgan fingerprint density at radius 1 is 1.33 bits per heavy atom. The van der Waals surface area contributed by atoms with Gasteiger partial charge in [-0.15, -0.1) is 0 Å². The molecule has 0 saturated heterocycles. The fraction of sp³-hybridized carbons (Fsp3) is 0.400. The molecular formula is C15H20N2O5S2. The maximum absolute atomic E-state index is 12.3. The highest BCUT2D eigenvalue weighted by atomic mass is 32.2. The van der Waals surface area contributed by atoms with Gasteiger partial charge < -0.3 is 4.90 Å². The summed E-state index contributed by atoms with van der Waals surface area (Å²) < 4.78 is 45.3. The van der Waals surface area contributed by atoms with Crippen LogP contribution in [0.25, 0.3) is 0 Å². The van der Waals surface area contributed by atoms with Crippen LogP contribution in [-0.4, -0.2) is 40.4 Å². The minimum Gasteiger partial charge on any atom is -0.339 e. The summed E-state index contributed by atoms with van der Waals surface area (Å²) in [5, 5.41) is 6.21. The van der Waals surface area contributed by atoms with Gasteiger partial charge in [0.05, 0.1) is 16.7 Å². The van der Waals surface area contributed by atoms with Crippen molar-refractivity contribution in [3.05, 3.63) is 41.3 Å². The molecule has 0 saturated carbocycles. The van der Waals surface area contributed by atoms with E-state index in [0.29, 0.717) is 0 Å². The van der Waals surface area contributed by atoms with Gasteiger partial charge in [0.25, 0.3) is 0 Å². The van der Waals surface area contributed by atoms with Crippen molar-refractivity contribution in [1.82, 2.24) is 4.90 Å². The number of sulfone groups is 1. The fourth-order valence-electron chi connectivity index (χ4n) is 2.51. The van der Waals surface area contributed by atoms with Crippen LogP contribution in [0.4, 0.5) is 0 Å². The molecule has 0 unspecified atom stereocenters. The molecule has 1 aliphatic rings. The molecule has 0 radical (unpaired) electrons. The van der Waals surface area contributed by atoms with E-state index in [1.807, 2.05) is 6.92 Å². The number of carbonyl (C=O) groups is 1. The summed E-state index contributed by atoms with van der Waals surface area (Å²) in [4.78, 5) is 13.9. The Hall–Kier alpha value is -1.71. The predicted molar refractivity (Wildman–Crippen MR) is 90.0 cm³/mol. The molecule has 2 N–H and O–H groups in total. The van der Waals surface area contributed by atoms with E-state index < -0.39 is 19.9 Å². The van der Waals surface area contributed by atoms with Gasteiger partial charge in [0, 0.05) is 24.8 Å². The second-order valence-corrected chi connectivity index (χ2v) is 9.41. The Labute approximate surface area is 142 Å². The number of allylic oxidation sites excluding steroid dienone is 1. The van der Waals surface area contributed by atoms with Crippen molar-refractivity contribution in [2.75, 3.05) is 12.8 Å². The van der Waals surface area contributed by atoms with Crippen LogP contribution in [0.15, 0.2) is 40.6 Å². The molecule has 1 amide bonds. The molecule has 0 aromatic heterocycles. The van der Waals surface area contributed by atoms with E-state index in [1.165, 1.54) is 17.0 Å². The largest absolute Gasteiger partial charge is 0.339 e. The van der Waals surface area contributed by atoms with Gasteiger partial charge in [-0.25, -0.2) is 22.0 Å². The highest BCUT2D eigenvalue weighted by molar-refractivity contribution is 7.94. The lowest BCUT2D eigenvalue weighted by Gasteiger charge is -2.26. The molecule has 2 atom stereocenters. The average molecular weight is 372 g/mol. The van der Waals surface area contributed by atoms with E-state index in [2.05, 4.69) is 0 Å². The molecule has 7 nitrogen and oxygen atoms in total. The van der Waals surface area contributed by atoms with Crippen molar-refractivity contribution in [1.29, 1.82) is 0 Å². The number of rotatable bonds is 5. The smallest absolute Gasteiger partial charge is 0.238 e. The minimum absolute atomic E-state index is 0.00808. The maximum atomic E-state index is 12.3. The Balaban J connectivity index is 2.05. The SMILES string of the molecule is C[C@H](c1ccc(S(N)(=O)=O)cc1)N(C)C(=O)C[C@@H]1C=CS(=O)(=O)C1. The molecule has 0 bridgehead atoms. The zero-order valence-corrected chi connectivity index (χ0v) is 15.0. The van der Waals surface area contributed by atoms with Crippen LogP contribution in [0.2, 0.25) is 0 Å². The van der Waals surface area contributed by atoms with Crippen molar-refractivity contribution in [2.24, 2.45) is 11.1 Å². The summed E-state index contributed by atoms with van der Waals surface area (Å²) in [6.45, 7) is 1.81. The molecule has 0 aliphatic carbocycles. The predicted octanol–water partition coefficient (Wildman–Crippen LogP) is 0.802. The Kier molecular flexibility index (Phi) is 5.17. The standard InChI is InChI=1S/C15H20N2O5S2/c1-11(13-3-5-14(6-4-13)24(16,21)22)17(2)15(18)9-12-7-8-23(19,20)10-12/h3-8,11-12H,9-10H2,1-2H3,(H2,16,21,22)/t11-,12+/m1/s1. The first-order valence-electron chi connectivity index (χ1n) is 7.29. The number of carbonyl (C=O) groups excluding carboxylic acids is 1. The van der Waals surface area contributed by atoms with Gasteiger partial charge in [0.15, 0.2) is 9.84 Å². The number of primary sulfonamides is 1. The van der Waals surface area contributed by atoms with Gasteiger partial charge in [-0.05, 0) is 24.6 Å². The second kappa shape index (κ2) is 6.66. The zero-order chi connectivity index (χ0) is 18.1. The summed E-state index contributed by atoms with van der Waals surface area (Å²) in [5.74, 6) is -0.518. The molecule has 1 aliphatic heterocycles. The first-order valence-corrected chi connectivity index (χ1v) is 10.5. The second-order valence-electron chi connectivity index (χ2n) is 5.92. The molecule has 0 spiro atoms. The Morgan fingerprint density at radius 3 is 2.38 bits per heavy atom. The highest BCUT2D eigenvalue weighted by Crippen LogP contribution is 2.24. The van der Waals surface area contributed by atoms with Gasteiger partial charge in [0.2, 0.25) is 15.9 Å². The minimum atomic E-state index is -3.75. The molecule has 0 fully saturated rings. The number of sulfonamides is 1. The maximum Gasteiger partial charge on any atom is 0.238 e. The topological polar surface area (TPSA) is 115 Å². The van der Waals surface area contributed by atoms with Crippen LogP contribution >= 0.6 is 0 Å². The van der Waals surface area contributed by atoms with Crippen molar-refractivity contribution in [3.63, 3.8) is 0 Å². The Morgan fingerprint density at radius 2 is 1.92 bits per heavy atom. The lowest BCUT2D eigenvalue weighted by atomic mass is 10.0. The molecule has 9 heteroatoms. The van der Waals surface area contributed by atoms with Crippen LogP contribution in [0, 0.1) is 5.92 Å². The Bertz CT molecular complexity index is 858. The normalized spacial score (nSPS) is 20.7.